The minimum Gasteiger partial charge on any atom is -0.496 e. The summed E-state index contributed by atoms with van der Waals surface area (Å²) in [6.07, 6.45) is 0. The first-order chi connectivity index (χ1) is 9.45. The van der Waals surface area contributed by atoms with Crippen LogP contribution in [0.4, 0.5) is 4.39 Å². The number of benzene rings is 2. The highest BCUT2D eigenvalue weighted by molar-refractivity contribution is 9.10. The van der Waals surface area contributed by atoms with Crippen LogP contribution in [0.15, 0.2) is 34.8 Å². The molecule has 0 amide bonds. The smallest absolute Gasteiger partial charge is 0.197 e. The van der Waals surface area contributed by atoms with E-state index in [-0.39, 0.29) is 11.6 Å². The lowest BCUT2D eigenvalue weighted by Crippen LogP contribution is -2.07. The zero-order valence-electron chi connectivity index (χ0n) is 11.5. The lowest BCUT2D eigenvalue weighted by Gasteiger charge is -2.13. The number of hydrogen-bond acceptors (Lipinski definition) is 2. The molecule has 20 heavy (non-hydrogen) atoms. The molecule has 2 rings (SSSR count). The van der Waals surface area contributed by atoms with Gasteiger partial charge in [0.25, 0.3) is 0 Å². The van der Waals surface area contributed by atoms with Crippen molar-refractivity contribution >= 4 is 21.7 Å². The van der Waals surface area contributed by atoms with E-state index in [9.17, 15) is 9.18 Å². The van der Waals surface area contributed by atoms with E-state index < -0.39 is 0 Å². The number of methoxy groups -OCH3 is 1. The number of ether oxygens (including phenoxy) is 1. The van der Waals surface area contributed by atoms with Crippen LogP contribution in [0.1, 0.15) is 27.0 Å². The number of hydrogen-bond donors (Lipinski definition) is 0. The minimum absolute atomic E-state index is 0.197. The second-order valence-electron chi connectivity index (χ2n) is 4.54. The molecule has 0 N–H and O–H groups in total. The third kappa shape index (κ3) is 2.61. The van der Waals surface area contributed by atoms with Gasteiger partial charge in [-0.2, -0.15) is 0 Å². The Hall–Kier alpha value is -1.68. The summed E-state index contributed by atoms with van der Waals surface area (Å²) in [5.41, 5.74) is 2.86. The molecule has 0 saturated carbocycles. The van der Waals surface area contributed by atoms with Gasteiger partial charge < -0.3 is 4.74 Å². The highest BCUT2D eigenvalue weighted by Gasteiger charge is 2.19. The fourth-order valence-electron chi connectivity index (χ4n) is 2.05. The Balaban J connectivity index is 2.56. The van der Waals surface area contributed by atoms with E-state index in [0.29, 0.717) is 21.3 Å². The average molecular weight is 337 g/mol. The molecule has 0 unspecified atom stereocenters. The van der Waals surface area contributed by atoms with Crippen LogP contribution in [0, 0.1) is 19.7 Å². The molecule has 2 nitrogen and oxygen atoms in total. The lowest BCUT2D eigenvalue weighted by atomic mass is 9.97. The Bertz CT molecular complexity index is 680. The molecule has 0 atom stereocenters. The summed E-state index contributed by atoms with van der Waals surface area (Å²) in [6, 6.07) is 7.63. The van der Waals surface area contributed by atoms with Gasteiger partial charge in [-0.3, -0.25) is 4.79 Å². The molecule has 2 aromatic rings. The number of halogens is 2. The van der Waals surface area contributed by atoms with Gasteiger partial charge in [0.1, 0.15) is 11.6 Å². The molecule has 0 aromatic heterocycles. The largest absolute Gasteiger partial charge is 0.496 e. The van der Waals surface area contributed by atoms with Crippen molar-refractivity contribution in [1.82, 2.24) is 0 Å². The van der Waals surface area contributed by atoms with Crippen molar-refractivity contribution in [1.29, 1.82) is 0 Å². The summed E-state index contributed by atoms with van der Waals surface area (Å²) >= 11 is 3.22. The van der Waals surface area contributed by atoms with Gasteiger partial charge in [0.15, 0.2) is 5.78 Å². The molecule has 0 aliphatic rings. The van der Waals surface area contributed by atoms with Crippen molar-refractivity contribution in [2.45, 2.75) is 13.8 Å². The molecule has 4 heteroatoms. The number of carbonyl (C=O) groups excluding carboxylic acids is 1. The van der Waals surface area contributed by atoms with E-state index in [2.05, 4.69) is 15.9 Å². The molecule has 0 heterocycles. The SMILES string of the molecule is COc1c(C(=O)c2ccc(F)cc2Br)ccc(C)c1C. The zero-order chi connectivity index (χ0) is 14.9. The van der Waals surface area contributed by atoms with Crippen molar-refractivity contribution in [3.63, 3.8) is 0 Å². The van der Waals surface area contributed by atoms with Crippen LogP contribution in [0.3, 0.4) is 0 Å². The molecule has 0 fully saturated rings. The van der Waals surface area contributed by atoms with E-state index in [1.165, 1.54) is 25.3 Å². The van der Waals surface area contributed by atoms with Crippen LogP contribution in [0.5, 0.6) is 5.75 Å². The van der Waals surface area contributed by atoms with Crippen LogP contribution >= 0.6 is 15.9 Å². The molecular formula is C16H14BrFO2. The van der Waals surface area contributed by atoms with Crippen LogP contribution < -0.4 is 4.74 Å². The van der Waals surface area contributed by atoms with Crippen molar-refractivity contribution in [2.24, 2.45) is 0 Å². The normalized spacial score (nSPS) is 10.4. The van der Waals surface area contributed by atoms with Crippen molar-refractivity contribution in [2.75, 3.05) is 7.11 Å². The average Bonchev–Trinajstić information content (AvgIpc) is 2.41. The van der Waals surface area contributed by atoms with Crippen LogP contribution in [0.25, 0.3) is 0 Å². The molecule has 0 aliphatic carbocycles. The topological polar surface area (TPSA) is 26.3 Å². The van der Waals surface area contributed by atoms with Gasteiger partial charge in [-0.05, 0) is 65.2 Å². The fourth-order valence-corrected chi connectivity index (χ4v) is 2.58. The van der Waals surface area contributed by atoms with E-state index in [1.807, 2.05) is 19.9 Å². The zero-order valence-corrected chi connectivity index (χ0v) is 13.0. The quantitative estimate of drug-likeness (QED) is 0.774. The van der Waals surface area contributed by atoms with E-state index >= 15 is 0 Å². The summed E-state index contributed by atoms with van der Waals surface area (Å²) in [7, 11) is 1.54. The van der Waals surface area contributed by atoms with Crippen LogP contribution in [-0.2, 0) is 0 Å². The number of aryl methyl sites for hydroxylation is 1. The third-order valence-corrected chi connectivity index (χ3v) is 3.96. The van der Waals surface area contributed by atoms with Crippen LogP contribution in [-0.4, -0.2) is 12.9 Å². The molecule has 104 valence electrons. The Morgan fingerprint density at radius 3 is 2.40 bits per heavy atom. The van der Waals surface area contributed by atoms with E-state index in [0.717, 1.165) is 11.1 Å². The Morgan fingerprint density at radius 1 is 1.15 bits per heavy atom. The van der Waals surface area contributed by atoms with E-state index in [4.69, 9.17) is 4.74 Å². The lowest BCUT2D eigenvalue weighted by molar-refractivity contribution is 0.103. The first-order valence-electron chi connectivity index (χ1n) is 6.09. The second kappa shape index (κ2) is 5.75. The predicted molar refractivity (Wildman–Crippen MR) is 80.0 cm³/mol. The number of carbonyl (C=O) groups is 1. The maximum absolute atomic E-state index is 13.1. The van der Waals surface area contributed by atoms with Gasteiger partial charge in [0.05, 0.1) is 12.7 Å². The third-order valence-electron chi connectivity index (χ3n) is 3.30. The van der Waals surface area contributed by atoms with Gasteiger partial charge in [-0.1, -0.05) is 6.07 Å². The molecule has 0 saturated heterocycles. The van der Waals surface area contributed by atoms with Gasteiger partial charge in [-0.15, -0.1) is 0 Å². The summed E-state index contributed by atoms with van der Waals surface area (Å²) in [6.45, 7) is 3.87. The summed E-state index contributed by atoms with van der Waals surface area (Å²) in [5, 5.41) is 0. The van der Waals surface area contributed by atoms with Gasteiger partial charge in [0, 0.05) is 10.0 Å². The first kappa shape index (κ1) is 14.7. The molecule has 0 aliphatic heterocycles. The molecule has 0 bridgehead atoms. The maximum atomic E-state index is 13.1. The molecule has 0 spiro atoms. The Kier molecular flexibility index (Phi) is 4.23. The van der Waals surface area contributed by atoms with Crippen molar-refractivity contribution in [3.8, 4) is 5.75 Å². The predicted octanol–water partition coefficient (Wildman–Crippen LogP) is 4.44. The highest BCUT2D eigenvalue weighted by atomic mass is 79.9. The first-order valence-corrected chi connectivity index (χ1v) is 6.89. The minimum atomic E-state index is -0.388. The Morgan fingerprint density at radius 2 is 1.80 bits per heavy atom. The van der Waals surface area contributed by atoms with Gasteiger partial charge >= 0.3 is 0 Å². The van der Waals surface area contributed by atoms with Gasteiger partial charge in [0.2, 0.25) is 0 Å². The maximum Gasteiger partial charge on any atom is 0.197 e. The number of ketones is 1. The molecule has 0 radical (unpaired) electrons. The summed E-state index contributed by atoms with van der Waals surface area (Å²) < 4.78 is 18.9. The highest BCUT2D eigenvalue weighted by Crippen LogP contribution is 2.30. The molecule has 2 aromatic carbocycles. The Labute approximate surface area is 125 Å². The number of rotatable bonds is 3. The van der Waals surface area contributed by atoms with E-state index in [1.54, 1.807) is 6.07 Å². The van der Waals surface area contributed by atoms with Crippen LogP contribution in [0.2, 0.25) is 0 Å². The molecular weight excluding hydrogens is 323 g/mol. The van der Waals surface area contributed by atoms with Gasteiger partial charge in [-0.25, -0.2) is 4.39 Å². The standard InChI is InChI=1S/C16H14BrFO2/c1-9-4-6-13(16(20-3)10(9)2)15(19)12-7-5-11(18)8-14(12)17/h4-8H,1-3H3. The monoisotopic (exact) mass is 336 g/mol. The summed E-state index contributed by atoms with van der Waals surface area (Å²) in [4.78, 5) is 12.6. The van der Waals surface area contributed by atoms with Crippen molar-refractivity contribution < 1.29 is 13.9 Å². The van der Waals surface area contributed by atoms with Crippen molar-refractivity contribution in [3.05, 3.63) is 62.9 Å². The second-order valence-corrected chi connectivity index (χ2v) is 5.40. The summed E-state index contributed by atoms with van der Waals surface area (Å²) in [5.74, 6) is -0.0245. The fraction of sp³-hybridized carbons (Fsp3) is 0.188.